The highest BCUT2D eigenvalue weighted by atomic mass is 127. The predicted octanol–water partition coefficient (Wildman–Crippen LogP) is 3.06. The highest BCUT2D eigenvalue weighted by Crippen LogP contribution is 2.23. The van der Waals surface area contributed by atoms with Gasteiger partial charge in [-0.1, -0.05) is 0 Å². The minimum absolute atomic E-state index is 0.114. The van der Waals surface area contributed by atoms with E-state index < -0.39 is 0 Å². The Morgan fingerprint density at radius 3 is 2.82 bits per heavy atom. The van der Waals surface area contributed by atoms with Gasteiger partial charge < -0.3 is 10.4 Å². The summed E-state index contributed by atoms with van der Waals surface area (Å²) in [4.78, 5) is 3.94. The first kappa shape index (κ1) is 12.3. The van der Waals surface area contributed by atoms with Crippen molar-refractivity contribution in [3.05, 3.63) is 51.6 Å². The van der Waals surface area contributed by atoms with Crippen molar-refractivity contribution < 1.29 is 9.50 Å². The molecule has 1 aromatic carbocycles. The Bertz CT molecular complexity index is 534. The molecule has 0 radical (unpaired) electrons. The number of nitrogens with zero attached hydrogens (tertiary/aromatic N) is 1. The Balaban J connectivity index is 2.31. The van der Waals surface area contributed by atoms with Crippen molar-refractivity contribution in [1.82, 2.24) is 4.98 Å². The van der Waals surface area contributed by atoms with Crippen molar-refractivity contribution in [2.24, 2.45) is 0 Å². The predicted molar refractivity (Wildman–Crippen MR) is 72.6 cm³/mol. The van der Waals surface area contributed by atoms with Crippen LogP contribution in [-0.4, -0.2) is 10.1 Å². The van der Waals surface area contributed by atoms with Crippen molar-refractivity contribution in [1.29, 1.82) is 0 Å². The van der Waals surface area contributed by atoms with Gasteiger partial charge >= 0.3 is 0 Å². The number of hydrogen-bond donors (Lipinski definition) is 2. The van der Waals surface area contributed by atoms with Gasteiger partial charge in [0.15, 0.2) is 0 Å². The van der Waals surface area contributed by atoms with Gasteiger partial charge in [-0.15, -0.1) is 0 Å². The average Bonchev–Trinajstić information content (AvgIpc) is 2.33. The lowest BCUT2D eigenvalue weighted by molar-refractivity contribution is 0.282. The summed E-state index contributed by atoms with van der Waals surface area (Å²) in [7, 11) is 0. The average molecular weight is 344 g/mol. The van der Waals surface area contributed by atoms with E-state index in [1.807, 2.05) is 22.6 Å². The first-order chi connectivity index (χ1) is 8.20. The van der Waals surface area contributed by atoms with Crippen LogP contribution in [0.2, 0.25) is 0 Å². The van der Waals surface area contributed by atoms with Crippen molar-refractivity contribution in [2.45, 2.75) is 6.61 Å². The first-order valence-electron chi connectivity index (χ1n) is 4.96. The van der Waals surface area contributed by atoms with Crippen molar-refractivity contribution in [3.8, 4) is 0 Å². The van der Waals surface area contributed by atoms with Crippen LogP contribution in [-0.2, 0) is 6.61 Å². The zero-order valence-electron chi connectivity index (χ0n) is 8.82. The number of hydrogen-bond acceptors (Lipinski definition) is 3. The quantitative estimate of drug-likeness (QED) is 0.842. The molecule has 0 aliphatic carbocycles. The molecule has 1 aromatic heterocycles. The number of pyridine rings is 1. The molecule has 0 bridgehead atoms. The Morgan fingerprint density at radius 1 is 1.29 bits per heavy atom. The molecule has 2 rings (SSSR count). The van der Waals surface area contributed by atoms with Gasteiger partial charge in [-0.3, -0.25) is 4.98 Å². The Kier molecular flexibility index (Phi) is 3.90. The molecule has 1 heterocycles. The zero-order valence-corrected chi connectivity index (χ0v) is 11.0. The molecule has 0 saturated heterocycles. The lowest BCUT2D eigenvalue weighted by atomic mass is 10.2. The third-order valence-corrected chi connectivity index (χ3v) is 2.95. The van der Waals surface area contributed by atoms with Crippen LogP contribution in [0.15, 0.2) is 36.7 Å². The molecule has 0 unspecified atom stereocenters. The van der Waals surface area contributed by atoms with E-state index in [9.17, 15) is 4.39 Å². The van der Waals surface area contributed by atoms with Crippen LogP contribution in [0.4, 0.5) is 15.8 Å². The van der Waals surface area contributed by atoms with E-state index in [1.165, 1.54) is 6.07 Å². The van der Waals surface area contributed by atoms with Crippen molar-refractivity contribution in [3.63, 3.8) is 0 Å². The number of halogens is 2. The molecule has 2 N–H and O–H groups in total. The summed E-state index contributed by atoms with van der Waals surface area (Å²) in [5.74, 6) is -0.329. The highest BCUT2D eigenvalue weighted by molar-refractivity contribution is 14.1. The van der Waals surface area contributed by atoms with Gasteiger partial charge in [0.1, 0.15) is 5.82 Å². The fourth-order valence-electron chi connectivity index (χ4n) is 1.41. The second-order valence-electron chi connectivity index (χ2n) is 3.44. The molecule has 0 spiro atoms. The van der Waals surface area contributed by atoms with Gasteiger partial charge in [-0.25, -0.2) is 4.39 Å². The minimum Gasteiger partial charge on any atom is -0.392 e. The Morgan fingerprint density at radius 2 is 2.12 bits per heavy atom. The lowest BCUT2D eigenvalue weighted by Crippen LogP contribution is -1.99. The summed E-state index contributed by atoms with van der Waals surface area (Å²) < 4.78 is 14.5. The molecular weight excluding hydrogens is 334 g/mol. The number of nitrogens with one attached hydrogen (secondary N) is 1. The number of aliphatic hydroxyl groups is 1. The maximum atomic E-state index is 13.6. The van der Waals surface area contributed by atoms with Crippen LogP contribution in [0.3, 0.4) is 0 Å². The topological polar surface area (TPSA) is 45.2 Å². The second-order valence-corrected chi connectivity index (χ2v) is 4.69. The lowest BCUT2D eigenvalue weighted by Gasteiger charge is -2.10. The molecule has 2 aromatic rings. The zero-order chi connectivity index (χ0) is 12.3. The van der Waals surface area contributed by atoms with E-state index >= 15 is 0 Å². The van der Waals surface area contributed by atoms with Gasteiger partial charge in [0, 0.05) is 15.3 Å². The van der Waals surface area contributed by atoms with Crippen molar-refractivity contribution in [2.75, 3.05) is 5.32 Å². The number of rotatable bonds is 3. The van der Waals surface area contributed by atoms with E-state index in [2.05, 4.69) is 10.3 Å². The van der Waals surface area contributed by atoms with Gasteiger partial charge in [0.2, 0.25) is 0 Å². The third-order valence-electron chi connectivity index (χ3n) is 2.28. The van der Waals surface area contributed by atoms with Crippen LogP contribution < -0.4 is 5.32 Å². The molecule has 0 saturated carbocycles. The number of benzene rings is 1. The highest BCUT2D eigenvalue weighted by Gasteiger charge is 2.06. The maximum absolute atomic E-state index is 13.6. The van der Waals surface area contributed by atoms with Gasteiger partial charge in [-0.05, 0) is 46.9 Å². The molecule has 0 atom stereocenters. The fourth-order valence-corrected chi connectivity index (χ4v) is 1.86. The summed E-state index contributed by atoms with van der Waals surface area (Å²) in [5, 5.41) is 12.1. The molecule has 3 nitrogen and oxygen atoms in total. The molecule has 0 fully saturated rings. The fraction of sp³-hybridized carbons (Fsp3) is 0.0833. The van der Waals surface area contributed by atoms with Gasteiger partial charge in [0.25, 0.3) is 0 Å². The molecule has 88 valence electrons. The summed E-state index contributed by atoms with van der Waals surface area (Å²) in [6.45, 7) is -0.114. The maximum Gasteiger partial charge on any atom is 0.147 e. The van der Waals surface area contributed by atoms with Crippen LogP contribution in [0.5, 0.6) is 0 Å². The summed E-state index contributed by atoms with van der Waals surface area (Å²) in [5.41, 5.74) is 1.65. The third kappa shape index (κ3) is 2.92. The van der Waals surface area contributed by atoms with E-state index in [0.717, 1.165) is 3.57 Å². The van der Waals surface area contributed by atoms with Crippen LogP contribution in [0.1, 0.15) is 5.56 Å². The smallest absolute Gasteiger partial charge is 0.147 e. The number of aromatic nitrogens is 1. The van der Waals surface area contributed by atoms with Gasteiger partial charge in [-0.2, -0.15) is 0 Å². The van der Waals surface area contributed by atoms with E-state index in [4.69, 9.17) is 5.11 Å². The largest absolute Gasteiger partial charge is 0.392 e. The summed E-state index contributed by atoms with van der Waals surface area (Å²) in [6, 6.07) is 6.59. The summed E-state index contributed by atoms with van der Waals surface area (Å²) in [6.07, 6.45) is 3.14. The second kappa shape index (κ2) is 5.42. The van der Waals surface area contributed by atoms with Crippen molar-refractivity contribution >= 4 is 34.0 Å². The molecule has 0 aliphatic heterocycles. The minimum atomic E-state index is -0.329. The van der Waals surface area contributed by atoms with Gasteiger partial charge in [0.05, 0.1) is 24.2 Å². The normalized spacial score (nSPS) is 10.3. The molecular formula is C12H10FIN2O. The molecule has 0 aliphatic rings. The van der Waals surface area contributed by atoms with E-state index in [-0.39, 0.29) is 12.4 Å². The number of aliphatic hydroxyl groups excluding tert-OH is 1. The standard InChI is InChI=1S/C12H10FIN2O/c13-10-5-9(14)1-2-11(10)16-12-6-15-4-3-8(12)7-17/h1-6,16-17H,7H2. The van der Waals surface area contributed by atoms with Crippen LogP contribution >= 0.6 is 22.6 Å². The van der Waals surface area contributed by atoms with Crippen LogP contribution in [0.25, 0.3) is 0 Å². The molecule has 17 heavy (non-hydrogen) atoms. The summed E-state index contributed by atoms with van der Waals surface area (Å²) >= 11 is 2.05. The Hall–Kier alpha value is -1.21. The monoisotopic (exact) mass is 344 g/mol. The first-order valence-corrected chi connectivity index (χ1v) is 6.04. The van der Waals surface area contributed by atoms with E-state index in [1.54, 1.807) is 30.6 Å². The van der Waals surface area contributed by atoms with E-state index in [0.29, 0.717) is 16.9 Å². The molecule has 0 amide bonds. The molecule has 5 heteroatoms. The Labute approximate surface area is 112 Å². The SMILES string of the molecule is OCc1ccncc1Nc1ccc(I)cc1F. The van der Waals surface area contributed by atoms with Crippen LogP contribution in [0, 0.1) is 9.39 Å². The number of anilines is 2.